The number of anilines is 1. The van der Waals surface area contributed by atoms with E-state index in [0.717, 1.165) is 0 Å². The van der Waals surface area contributed by atoms with Crippen molar-refractivity contribution in [2.45, 2.75) is 0 Å². The number of halogens is 1. The molecule has 0 aliphatic carbocycles. The summed E-state index contributed by atoms with van der Waals surface area (Å²) in [6, 6.07) is 6.88. The molecule has 0 radical (unpaired) electrons. The minimum absolute atomic E-state index is 0.134. The van der Waals surface area contributed by atoms with Crippen molar-refractivity contribution in [3.8, 4) is 0 Å². The van der Waals surface area contributed by atoms with E-state index < -0.39 is 0 Å². The van der Waals surface area contributed by atoms with Crippen molar-refractivity contribution in [2.75, 3.05) is 16.8 Å². The highest BCUT2D eigenvalue weighted by Crippen LogP contribution is 2.23. The fraction of sp³-hybridized carbons (Fsp3) is 0.182. The first-order chi connectivity index (χ1) is 8.63. The summed E-state index contributed by atoms with van der Waals surface area (Å²) in [7, 11) is 0. The Morgan fingerprint density at radius 1 is 1.44 bits per heavy atom. The number of carbonyl (C=O) groups is 2. The lowest BCUT2D eigenvalue weighted by atomic mass is 10.3. The van der Waals surface area contributed by atoms with Crippen molar-refractivity contribution in [1.82, 2.24) is 0 Å². The Hall–Kier alpha value is -0.980. The number of benzene rings is 1. The Morgan fingerprint density at radius 2 is 2.17 bits per heavy atom. The topological polar surface area (TPSA) is 58.5 Å². The number of nitrogens with zero attached hydrogens (tertiary/aromatic N) is 1. The lowest BCUT2D eigenvalue weighted by Gasteiger charge is -2.04. The first-order valence-electron chi connectivity index (χ1n) is 5.06. The van der Waals surface area contributed by atoms with Gasteiger partial charge in [-0.15, -0.1) is 0 Å². The van der Waals surface area contributed by atoms with Gasteiger partial charge in [0.1, 0.15) is 4.38 Å². The molecule has 0 saturated carbocycles. The average Bonchev–Trinajstić information content (AvgIpc) is 2.76. The lowest BCUT2D eigenvalue weighted by molar-refractivity contribution is -0.115. The standard InChI is InChI=1S/C11H9ClN2O2S2/c12-7-1-3-8(4-2-7)13-9(15)5-17-11-14-10(16)6-18-11/h1-4H,5-6H2,(H,13,15). The summed E-state index contributed by atoms with van der Waals surface area (Å²) in [6.07, 6.45) is 0. The second kappa shape index (κ2) is 6.26. The molecule has 0 saturated heterocycles. The van der Waals surface area contributed by atoms with Crippen LogP contribution in [0.5, 0.6) is 0 Å². The molecule has 18 heavy (non-hydrogen) atoms. The maximum absolute atomic E-state index is 11.6. The molecule has 1 aromatic rings. The quantitative estimate of drug-likeness (QED) is 0.932. The maximum atomic E-state index is 11.6. The molecule has 94 valence electrons. The van der Waals surface area contributed by atoms with Gasteiger partial charge in [0.2, 0.25) is 5.91 Å². The second-order valence-electron chi connectivity index (χ2n) is 3.40. The van der Waals surface area contributed by atoms with Gasteiger partial charge < -0.3 is 5.32 Å². The molecule has 1 N–H and O–H groups in total. The smallest absolute Gasteiger partial charge is 0.257 e. The molecule has 0 aromatic heterocycles. The molecule has 1 aliphatic rings. The number of aliphatic imine (C=N–C) groups is 1. The third-order valence-corrected chi connectivity index (χ3v) is 4.42. The number of hydrogen-bond donors (Lipinski definition) is 1. The molecule has 1 aromatic carbocycles. The van der Waals surface area contributed by atoms with Crippen LogP contribution >= 0.6 is 35.1 Å². The van der Waals surface area contributed by atoms with Gasteiger partial charge in [0, 0.05) is 10.7 Å². The van der Waals surface area contributed by atoms with Crippen LogP contribution in [-0.4, -0.2) is 27.7 Å². The van der Waals surface area contributed by atoms with Crippen molar-refractivity contribution < 1.29 is 9.59 Å². The molecule has 7 heteroatoms. The van der Waals surface area contributed by atoms with Gasteiger partial charge in [0.25, 0.3) is 5.91 Å². The van der Waals surface area contributed by atoms with E-state index in [9.17, 15) is 9.59 Å². The van der Waals surface area contributed by atoms with E-state index in [2.05, 4.69) is 10.3 Å². The van der Waals surface area contributed by atoms with Gasteiger partial charge in [-0.2, -0.15) is 4.99 Å². The van der Waals surface area contributed by atoms with Gasteiger partial charge in [0.05, 0.1) is 11.5 Å². The molecule has 0 unspecified atom stereocenters. The summed E-state index contributed by atoms with van der Waals surface area (Å²) >= 11 is 8.38. The molecule has 0 bridgehead atoms. The van der Waals surface area contributed by atoms with Gasteiger partial charge in [-0.3, -0.25) is 9.59 Å². The Kier molecular flexibility index (Phi) is 4.68. The van der Waals surface area contributed by atoms with Crippen LogP contribution in [0, 0.1) is 0 Å². The predicted molar refractivity (Wildman–Crippen MR) is 77.4 cm³/mol. The van der Waals surface area contributed by atoms with Gasteiger partial charge in [-0.1, -0.05) is 35.1 Å². The predicted octanol–water partition coefficient (Wildman–Crippen LogP) is 2.64. The summed E-state index contributed by atoms with van der Waals surface area (Å²) in [5, 5.41) is 3.36. The summed E-state index contributed by atoms with van der Waals surface area (Å²) in [5.74, 6) is 0.341. The fourth-order valence-corrected chi connectivity index (χ4v) is 3.01. The van der Waals surface area contributed by atoms with Crippen LogP contribution in [0.2, 0.25) is 5.02 Å². The Labute approximate surface area is 118 Å². The van der Waals surface area contributed by atoms with E-state index in [1.807, 2.05) is 0 Å². The molecule has 0 spiro atoms. The summed E-state index contributed by atoms with van der Waals surface area (Å²) in [5.41, 5.74) is 0.696. The van der Waals surface area contributed by atoms with E-state index in [0.29, 0.717) is 20.8 Å². The summed E-state index contributed by atoms with van der Waals surface area (Å²) < 4.78 is 0.659. The van der Waals surface area contributed by atoms with Gasteiger partial charge >= 0.3 is 0 Å². The fourth-order valence-electron chi connectivity index (χ4n) is 1.22. The van der Waals surface area contributed by atoms with Gasteiger partial charge in [-0.05, 0) is 24.3 Å². The molecule has 1 heterocycles. The number of hydrogen-bond acceptors (Lipinski definition) is 4. The minimum atomic E-state index is -0.138. The number of nitrogens with one attached hydrogen (secondary N) is 1. The van der Waals surface area contributed by atoms with Crippen LogP contribution < -0.4 is 5.32 Å². The summed E-state index contributed by atoms with van der Waals surface area (Å²) in [6.45, 7) is 0. The van der Waals surface area contributed by atoms with E-state index in [1.54, 1.807) is 24.3 Å². The molecule has 4 nitrogen and oxygen atoms in total. The average molecular weight is 301 g/mol. The van der Waals surface area contributed by atoms with Crippen LogP contribution in [-0.2, 0) is 9.59 Å². The van der Waals surface area contributed by atoms with E-state index in [-0.39, 0.29) is 17.6 Å². The number of carbonyl (C=O) groups excluding carboxylic acids is 2. The molecule has 2 rings (SSSR count). The zero-order valence-corrected chi connectivity index (χ0v) is 11.6. The minimum Gasteiger partial charge on any atom is -0.325 e. The van der Waals surface area contributed by atoms with Crippen molar-refractivity contribution in [3.05, 3.63) is 29.3 Å². The molecular weight excluding hydrogens is 292 g/mol. The first kappa shape index (κ1) is 13.5. The van der Waals surface area contributed by atoms with Crippen LogP contribution in [0.1, 0.15) is 0 Å². The Balaban J connectivity index is 1.80. The second-order valence-corrected chi connectivity index (χ2v) is 6.03. The lowest BCUT2D eigenvalue weighted by Crippen LogP contribution is -2.14. The third-order valence-electron chi connectivity index (χ3n) is 1.99. The van der Waals surface area contributed by atoms with Crippen molar-refractivity contribution in [3.63, 3.8) is 0 Å². The van der Waals surface area contributed by atoms with E-state index >= 15 is 0 Å². The molecule has 0 fully saturated rings. The van der Waals surface area contributed by atoms with Crippen LogP contribution in [0.3, 0.4) is 0 Å². The normalized spacial score (nSPS) is 14.5. The van der Waals surface area contributed by atoms with Crippen LogP contribution in [0.15, 0.2) is 29.3 Å². The molecule has 0 atom stereocenters. The van der Waals surface area contributed by atoms with Crippen molar-refractivity contribution in [1.29, 1.82) is 0 Å². The number of thioether (sulfide) groups is 2. The SMILES string of the molecule is O=C1CSC(SCC(=O)Nc2ccc(Cl)cc2)=N1. The largest absolute Gasteiger partial charge is 0.325 e. The van der Waals surface area contributed by atoms with E-state index in [4.69, 9.17) is 11.6 Å². The molecule has 2 amide bonds. The first-order valence-corrected chi connectivity index (χ1v) is 7.41. The zero-order valence-electron chi connectivity index (χ0n) is 9.18. The highest BCUT2D eigenvalue weighted by molar-refractivity contribution is 8.39. The number of amides is 2. The zero-order chi connectivity index (χ0) is 13.0. The summed E-state index contributed by atoms with van der Waals surface area (Å²) in [4.78, 5) is 26.3. The maximum Gasteiger partial charge on any atom is 0.257 e. The Bertz CT molecular complexity index is 502. The van der Waals surface area contributed by atoms with Crippen LogP contribution in [0.25, 0.3) is 0 Å². The van der Waals surface area contributed by atoms with Crippen LogP contribution in [0.4, 0.5) is 5.69 Å². The van der Waals surface area contributed by atoms with Gasteiger partial charge in [-0.25, -0.2) is 0 Å². The van der Waals surface area contributed by atoms with Crippen molar-refractivity contribution in [2.24, 2.45) is 4.99 Å². The molecular formula is C11H9ClN2O2S2. The van der Waals surface area contributed by atoms with E-state index in [1.165, 1.54) is 23.5 Å². The van der Waals surface area contributed by atoms with Crippen molar-refractivity contribution >= 4 is 57.0 Å². The third kappa shape index (κ3) is 4.04. The Morgan fingerprint density at radius 3 is 2.78 bits per heavy atom. The number of rotatable bonds is 3. The highest BCUT2D eigenvalue weighted by Gasteiger charge is 2.16. The monoisotopic (exact) mass is 300 g/mol. The van der Waals surface area contributed by atoms with Gasteiger partial charge in [0.15, 0.2) is 0 Å². The highest BCUT2D eigenvalue weighted by atomic mass is 35.5. The molecule has 1 aliphatic heterocycles.